The number of amides is 1. The Kier molecular flexibility index (Phi) is 5.52. The molecule has 0 radical (unpaired) electrons. The highest BCUT2D eigenvalue weighted by atomic mass is 35.5. The van der Waals surface area contributed by atoms with E-state index in [9.17, 15) is 10.1 Å². The highest BCUT2D eigenvalue weighted by molar-refractivity contribution is 7.84. The van der Waals surface area contributed by atoms with Gasteiger partial charge in [-0.3, -0.25) is 4.79 Å². The van der Waals surface area contributed by atoms with E-state index in [1.54, 1.807) is 35.2 Å². The van der Waals surface area contributed by atoms with Crippen molar-refractivity contribution in [2.75, 3.05) is 4.90 Å². The second-order valence-corrected chi connectivity index (χ2v) is 7.94. The van der Waals surface area contributed by atoms with Gasteiger partial charge in [0, 0.05) is 16.3 Å². The lowest BCUT2D eigenvalue weighted by atomic mass is 10.1. The third-order valence-corrected chi connectivity index (χ3v) is 5.77. The molecule has 150 valence electrons. The smallest absolute Gasteiger partial charge is 0.266 e. The molecule has 1 unspecified atom stereocenters. The van der Waals surface area contributed by atoms with Crippen LogP contribution in [-0.4, -0.2) is 5.91 Å². The van der Waals surface area contributed by atoms with E-state index in [1.165, 1.54) is 0 Å². The highest BCUT2D eigenvalue weighted by Gasteiger charge is 2.36. The number of hydrogen-bond acceptors (Lipinski definition) is 5. The quantitative estimate of drug-likeness (QED) is 0.485. The zero-order chi connectivity index (χ0) is 21.4. The van der Waals surface area contributed by atoms with E-state index in [1.807, 2.05) is 37.3 Å². The molecular formula is C22H15Cl2N3O2S. The number of carbonyl (C=O) groups excluding carboxylic acids is 1. The molecule has 1 N–H and O–H groups in total. The van der Waals surface area contributed by atoms with Crippen LogP contribution in [0.2, 0.25) is 10.0 Å². The number of rotatable bonds is 3. The van der Waals surface area contributed by atoms with Crippen molar-refractivity contribution in [3.05, 3.63) is 86.6 Å². The Balaban J connectivity index is 1.82. The molecular weight excluding hydrogens is 441 g/mol. The van der Waals surface area contributed by atoms with Crippen LogP contribution in [0.1, 0.15) is 17.5 Å². The molecule has 1 aliphatic rings. The van der Waals surface area contributed by atoms with Crippen molar-refractivity contribution in [1.82, 2.24) is 5.32 Å². The molecule has 1 amide bonds. The van der Waals surface area contributed by atoms with Crippen LogP contribution in [0.4, 0.5) is 5.69 Å². The number of anilines is 1. The van der Waals surface area contributed by atoms with Gasteiger partial charge in [0.15, 0.2) is 6.17 Å². The second-order valence-electron chi connectivity index (χ2n) is 6.67. The van der Waals surface area contributed by atoms with Crippen molar-refractivity contribution in [3.8, 4) is 17.4 Å². The first-order valence-corrected chi connectivity index (χ1v) is 10.1. The highest BCUT2D eigenvalue weighted by Crippen LogP contribution is 2.39. The first kappa shape index (κ1) is 20.4. The summed E-state index contributed by atoms with van der Waals surface area (Å²) in [5.41, 5.74) is 2.36. The number of nitriles is 1. The van der Waals surface area contributed by atoms with Gasteiger partial charge in [0.1, 0.15) is 23.2 Å². The monoisotopic (exact) mass is 455 g/mol. The normalized spacial score (nSPS) is 16.4. The topological polar surface area (TPSA) is 69.3 Å². The largest absolute Gasteiger partial charge is 0.457 e. The van der Waals surface area contributed by atoms with E-state index in [4.69, 9.17) is 27.6 Å². The molecule has 0 saturated carbocycles. The fourth-order valence-electron chi connectivity index (χ4n) is 3.33. The number of furan rings is 1. The molecule has 2 aromatic carbocycles. The number of hydrogen-bond donors (Lipinski definition) is 2. The second kappa shape index (κ2) is 8.11. The maximum Gasteiger partial charge on any atom is 0.266 e. The van der Waals surface area contributed by atoms with Crippen LogP contribution < -0.4 is 10.2 Å². The summed E-state index contributed by atoms with van der Waals surface area (Å²) in [6, 6.07) is 18.2. The van der Waals surface area contributed by atoms with E-state index in [-0.39, 0.29) is 10.6 Å². The van der Waals surface area contributed by atoms with Crippen molar-refractivity contribution < 1.29 is 9.21 Å². The number of halogens is 2. The first-order chi connectivity index (χ1) is 14.4. The molecule has 5 nitrogen and oxygen atoms in total. The number of benzene rings is 2. The fraction of sp³-hybridized carbons (Fsp3) is 0.0909. The molecule has 2 heterocycles. The molecule has 30 heavy (non-hydrogen) atoms. The molecule has 1 aliphatic heterocycles. The van der Waals surface area contributed by atoms with Gasteiger partial charge in [-0.2, -0.15) is 5.26 Å². The Hall–Kier alpha value is -2.85. The SMILES string of the molecule is Cc1ccccc1N1C(S)=C(C#N)C(=O)NC1c1ccc(-c2ccc(Cl)cc2Cl)o1. The first-order valence-electron chi connectivity index (χ1n) is 8.95. The minimum atomic E-state index is -0.692. The zero-order valence-electron chi connectivity index (χ0n) is 15.7. The lowest BCUT2D eigenvalue weighted by Crippen LogP contribution is -2.46. The van der Waals surface area contributed by atoms with Crippen LogP contribution in [0, 0.1) is 18.3 Å². The average molecular weight is 456 g/mol. The third kappa shape index (κ3) is 3.56. The average Bonchev–Trinajstić information content (AvgIpc) is 3.18. The van der Waals surface area contributed by atoms with Crippen LogP contribution in [0.3, 0.4) is 0 Å². The standard InChI is InChI=1S/C22H15Cl2N3O2S/c1-12-4-2-3-5-17(12)27-20(26-21(28)15(11-25)22(27)30)19-9-8-18(29-19)14-7-6-13(23)10-16(14)24/h2-10,20,30H,1H3,(H,26,28). The van der Waals surface area contributed by atoms with Crippen LogP contribution in [0.5, 0.6) is 0 Å². The van der Waals surface area contributed by atoms with Gasteiger partial charge < -0.3 is 14.6 Å². The van der Waals surface area contributed by atoms with Crippen molar-refractivity contribution in [2.24, 2.45) is 0 Å². The number of para-hydroxylation sites is 1. The van der Waals surface area contributed by atoms with Crippen molar-refractivity contribution in [1.29, 1.82) is 5.26 Å². The number of carbonyl (C=O) groups is 1. The van der Waals surface area contributed by atoms with Crippen LogP contribution in [-0.2, 0) is 4.79 Å². The Bertz CT molecular complexity index is 1230. The summed E-state index contributed by atoms with van der Waals surface area (Å²) in [4.78, 5) is 14.3. The van der Waals surface area contributed by atoms with Crippen molar-refractivity contribution in [2.45, 2.75) is 13.1 Å². The number of nitrogens with zero attached hydrogens (tertiary/aromatic N) is 2. The van der Waals surface area contributed by atoms with Crippen LogP contribution in [0.25, 0.3) is 11.3 Å². The Morgan fingerprint density at radius 2 is 1.93 bits per heavy atom. The summed E-state index contributed by atoms with van der Waals surface area (Å²) in [6.45, 7) is 1.94. The maximum atomic E-state index is 12.5. The predicted molar refractivity (Wildman–Crippen MR) is 120 cm³/mol. The van der Waals surface area contributed by atoms with Crippen molar-refractivity contribution >= 4 is 47.4 Å². The lowest BCUT2D eigenvalue weighted by molar-refractivity contribution is -0.118. The van der Waals surface area contributed by atoms with Crippen LogP contribution in [0.15, 0.2) is 69.6 Å². The van der Waals surface area contributed by atoms with Gasteiger partial charge >= 0.3 is 0 Å². The van der Waals surface area contributed by atoms with Crippen LogP contribution >= 0.6 is 35.8 Å². The molecule has 0 aliphatic carbocycles. The summed E-state index contributed by atoms with van der Waals surface area (Å²) >= 11 is 16.8. The van der Waals surface area contributed by atoms with Gasteiger partial charge in [-0.15, -0.1) is 12.6 Å². The zero-order valence-corrected chi connectivity index (χ0v) is 18.1. The molecule has 0 fully saturated rings. The molecule has 4 rings (SSSR count). The van der Waals surface area contributed by atoms with E-state index >= 15 is 0 Å². The number of aryl methyl sites for hydroxylation is 1. The van der Waals surface area contributed by atoms with E-state index < -0.39 is 12.1 Å². The predicted octanol–water partition coefficient (Wildman–Crippen LogP) is 5.86. The molecule has 8 heteroatoms. The summed E-state index contributed by atoms with van der Waals surface area (Å²) < 4.78 is 6.06. The van der Waals surface area contributed by atoms with E-state index in [0.717, 1.165) is 11.3 Å². The fourth-order valence-corrected chi connectivity index (χ4v) is 4.20. The molecule has 1 aromatic heterocycles. The maximum absolute atomic E-state index is 12.5. The lowest BCUT2D eigenvalue weighted by Gasteiger charge is -2.37. The minimum Gasteiger partial charge on any atom is -0.457 e. The van der Waals surface area contributed by atoms with E-state index in [0.29, 0.717) is 27.1 Å². The van der Waals surface area contributed by atoms with Gasteiger partial charge in [-0.05, 0) is 48.9 Å². The molecule has 0 bridgehead atoms. The molecule has 0 saturated heterocycles. The molecule has 3 aromatic rings. The van der Waals surface area contributed by atoms with Gasteiger partial charge in [0.25, 0.3) is 5.91 Å². The Morgan fingerprint density at radius 3 is 2.63 bits per heavy atom. The Morgan fingerprint density at radius 1 is 1.17 bits per heavy atom. The molecule has 1 atom stereocenters. The van der Waals surface area contributed by atoms with Gasteiger partial charge in [-0.1, -0.05) is 41.4 Å². The van der Waals surface area contributed by atoms with Gasteiger partial charge in [0.2, 0.25) is 0 Å². The summed E-state index contributed by atoms with van der Waals surface area (Å²) in [6.07, 6.45) is -0.692. The molecule has 0 spiro atoms. The van der Waals surface area contributed by atoms with Gasteiger partial charge in [0.05, 0.1) is 10.1 Å². The minimum absolute atomic E-state index is 0.0645. The Labute approximate surface area is 188 Å². The number of nitrogens with one attached hydrogen (secondary N) is 1. The third-order valence-electron chi connectivity index (χ3n) is 4.78. The number of thiol groups is 1. The van der Waals surface area contributed by atoms with Crippen molar-refractivity contribution in [3.63, 3.8) is 0 Å². The summed E-state index contributed by atoms with van der Waals surface area (Å²) in [7, 11) is 0. The van der Waals surface area contributed by atoms with Gasteiger partial charge in [-0.25, -0.2) is 0 Å². The summed E-state index contributed by atoms with van der Waals surface area (Å²) in [5.74, 6) is 0.484. The van der Waals surface area contributed by atoms with E-state index in [2.05, 4.69) is 17.9 Å². The summed E-state index contributed by atoms with van der Waals surface area (Å²) in [5, 5.41) is 13.5.